The molecule has 3 aliphatic rings. The highest BCUT2D eigenvalue weighted by molar-refractivity contribution is 5.79. The lowest BCUT2D eigenvalue weighted by atomic mass is 9.84. The molecule has 5 heteroatoms. The Morgan fingerprint density at radius 1 is 1.09 bits per heavy atom. The predicted molar refractivity (Wildman–Crippen MR) is 84.4 cm³/mol. The normalized spacial score (nSPS) is 37.3. The Morgan fingerprint density at radius 3 is 2.27 bits per heavy atom. The summed E-state index contributed by atoms with van der Waals surface area (Å²) in [6, 6.07) is 0. The first-order chi connectivity index (χ1) is 10.6. The molecule has 0 aromatic heterocycles. The molecule has 1 aliphatic carbocycles. The van der Waals surface area contributed by atoms with Gasteiger partial charge >= 0.3 is 0 Å². The van der Waals surface area contributed by atoms with Crippen molar-refractivity contribution in [3.8, 4) is 0 Å². The van der Waals surface area contributed by atoms with Crippen LogP contribution in [0.25, 0.3) is 0 Å². The van der Waals surface area contributed by atoms with E-state index in [1.54, 1.807) is 0 Å². The van der Waals surface area contributed by atoms with Crippen molar-refractivity contribution in [2.24, 2.45) is 17.8 Å². The standard InChI is InChI=1S/C17H30N2O3/c1-12-6-18(7-13(2)22-12)8-15-9-19(10-16(15)11-20)17(21)14-4-3-5-14/h12-16,20H,3-11H2,1-2H3/t12-,13+,15-,16-/m0/s1. The van der Waals surface area contributed by atoms with E-state index >= 15 is 0 Å². The van der Waals surface area contributed by atoms with Gasteiger partial charge in [0.25, 0.3) is 0 Å². The molecule has 1 saturated carbocycles. The number of hydrogen-bond acceptors (Lipinski definition) is 4. The van der Waals surface area contributed by atoms with Crippen LogP contribution in [0.5, 0.6) is 0 Å². The van der Waals surface area contributed by atoms with Crippen LogP contribution in [0.2, 0.25) is 0 Å². The molecule has 2 heterocycles. The van der Waals surface area contributed by atoms with Crippen molar-refractivity contribution in [3.63, 3.8) is 0 Å². The molecule has 1 amide bonds. The zero-order chi connectivity index (χ0) is 15.7. The summed E-state index contributed by atoms with van der Waals surface area (Å²) in [5, 5.41) is 9.70. The fourth-order valence-electron chi connectivity index (χ4n) is 4.21. The summed E-state index contributed by atoms with van der Waals surface area (Å²) in [5.74, 6) is 1.22. The minimum atomic E-state index is 0.189. The molecule has 0 bridgehead atoms. The van der Waals surface area contributed by atoms with E-state index in [4.69, 9.17) is 4.74 Å². The molecule has 2 aliphatic heterocycles. The maximum Gasteiger partial charge on any atom is 0.225 e. The molecule has 3 fully saturated rings. The zero-order valence-electron chi connectivity index (χ0n) is 13.9. The van der Waals surface area contributed by atoms with Crippen LogP contribution in [-0.4, -0.2) is 72.4 Å². The summed E-state index contributed by atoms with van der Waals surface area (Å²) in [6.07, 6.45) is 3.85. The molecule has 0 unspecified atom stereocenters. The summed E-state index contributed by atoms with van der Waals surface area (Å²) in [7, 11) is 0. The maximum absolute atomic E-state index is 12.4. The van der Waals surface area contributed by atoms with Crippen molar-refractivity contribution in [1.29, 1.82) is 0 Å². The Morgan fingerprint density at radius 2 is 1.73 bits per heavy atom. The van der Waals surface area contributed by atoms with Crippen molar-refractivity contribution in [2.75, 3.05) is 39.3 Å². The number of rotatable bonds is 4. The fourth-order valence-corrected chi connectivity index (χ4v) is 4.21. The molecular weight excluding hydrogens is 280 g/mol. The number of hydrogen-bond donors (Lipinski definition) is 1. The summed E-state index contributed by atoms with van der Waals surface area (Å²) in [6.45, 7) is 8.87. The topological polar surface area (TPSA) is 53.0 Å². The average Bonchev–Trinajstić information content (AvgIpc) is 2.78. The second kappa shape index (κ2) is 6.85. The van der Waals surface area contributed by atoms with Gasteiger partial charge in [0, 0.05) is 51.2 Å². The van der Waals surface area contributed by atoms with Gasteiger partial charge in [0.15, 0.2) is 0 Å². The Labute approximate surface area is 133 Å². The molecule has 0 radical (unpaired) electrons. The highest BCUT2D eigenvalue weighted by atomic mass is 16.5. The molecule has 0 aromatic carbocycles. The number of morpholine rings is 1. The van der Waals surface area contributed by atoms with Crippen LogP contribution in [0, 0.1) is 17.8 Å². The first kappa shape index (κ1) is 16.2. The van der Waals surface area contributed by atoms with Crippen molar-refractivity contribution < 1.29 is 14.6 Å². The largest absolute Gasteiger partial charge is 0.396 e. The van der Waals surface area contributed by atoms with Gasteiger partial charge in [-0.3, -0.25) is 9.69 Å². The third-order valence-corrected chi connectivity index (χ3v) is 5.56. The molecule has 5 nitrogen and oxygen atoms in total. The van der Waals surface area contributed by atoms with Crippen molar-refractivity contribution in [2.45, 2.75) is 45.3 Å². The number of aliphatic hydroxyl groups is 1. The third kappa shape index (κ3) is 3.47. The highest BCUT2D eigenvalue weighted by Gasteiger charge is 2.39. The SMILES string of the molecule is C[C@@H]1CN(C[C@H]2CN(C(=O)C3CCC3)C[C@H]2CO)C[C@H](C)O1. The second-order valence-electron chi connectivity index (χ2n) is 7.55. The van der Waals surface area contributed by atoms with Crippen molar-refractivity contribution in [3.05, 3.63) is 0 Å². The first-order valence-corrected chi connectivity index (χ1v) is 8.84. The lowest BCUT2D eigenvalue weighted by Crippen LogP contribution is -2.48. The number of amides is 1. The van der Waals surface area contributed by atoms with E-state index in [0.717, 1.165) is 45.6 Å². The van der Waals surface area contributed by atoms with Gasteiger partial charge in [0.1, 0.15) is 0 Å². The van der Waals surface area contributed by atoms with Crippen LogP contribution in [0.1, 0.15) is 33.1 Å². The van der Waals surface area contributed by atoms with E-state index in [1.165, 1.54) is 6.42 Å². The Balaban J connectivity index is 1.56. The summed E-state index contributed by atoms with van der Waals surface area (Å²) >= 11 is 0. The van der Waals surface area contributed by atoms with Gasteiger partial charge in [0.05, 0.1) is 12.2 Å². The molecule has 3 rings (SSSR count). The van der Waals surface area contributed by atoms with Gasteiger partial charge in [-0.2, -0.15) is 0 Å². The van der Waals surface area contributed by atoms with Gasteiger partial charge < -0.3 is 14.7 Å². The lowest BCUT2D eigenvalue weighted by molar-refractivity contribution is -0.137. The van der Waals surface area contributed by atoms with Crippen molar-refractivity contribution >= 4 is 5.91 Å². The first-order valence-electron chi connectivity index (χ1n) is 8.84. The molecule has 0 spiro atoms. The predicted octanol–water partition coefficient (Wildman–Crippen LogP) is 0.963. The van der Waals surface area contributed by atoms with E-state index in [2.05, 4.69) is 18.7 Å². The number of ether oxygens (including phenoxy) is 1. The fraction of sp³-hybridized carbons (Fsp3) is 0.941. The molecule has 2 saturated heterocycles. The number of aliphatic hydroxyl groups excluding tert-OH is 1. The van der Waals surface area contributed by atoms with Crippen LogP contribution in [0.15, 0.2) is 0 Å². The van der Waals surface area contributed by atoms with E-state index in [-0.39, 0.29) is 30.7 Å². The van der Waals surface area contributed by atoms with E-state index < -0.39 is 0 Å². The van der Waals surface area contributed by atoms with Gasteiger partial charge in [0.2, 0.25) is 5.91 Å². The second-order valence-corrected chi connectivity index (χ2v) is 7.55. The Bertz CT molecular complexity index is 389. The van der Waals surface area contributed by atoms with Crippen LogP contribution >= 0.6 is 0 Å². The lowest BCUT2D eigenvalue weighted by Gasteiger charge is -2.37. The smallest absolute Gasteiger partial charge is 0.225 e. The Hall–Kier alpha value is -0.650. The zero-order valence-corrected chi connectivity index (χ0v) is 13.9. The quantitative estimate of drug-likeness (QED) is 0.840. The van der Waals surface area contributed by atoms with Crippen LogP contribution in [-0.2, 0) is 9.53 Å². The van der Waals surface area contributed by atoms with E-state index in [9.17, 15) is 9.90 Å². The van der Waals surface area contributed by atoms with Crippen LogP contribution in [0.3, 0.4) is 0 Å². The molecular formula is C17H30N2O3. The van der Waals surface area contributed by atoms with Crippen molar-refractivity contribution in [1.82, 2.24) is 9.80 Å². The average molecular weight is 310 g/mol. The molecule has 1 N–H and O–H groups in total. The summed E-state index contributed by atoms with van der Waals surface area (Å²) in [4.78, 5) is 16.9. The minimum absolute atomic E-state index is 0.189. The van der Waals surface area contributed by atoms with Gasteiger partial charge in [-0.05, 0) is 32.6 Å². The highest BCUT2D eigenvalue weighted by Crippen LogP contribution is 2.32. The number of nitrogens with zero attached hydrogens (tertiary/aromatic N) is 2. The summed E-state index contributed by atoms with van der Waals surface area (Å²) < 4.78 is 5.79. The van der Waals surface area contributed by atoms with Crippen LogP contribution < -0.4 is 0 Å². The van der Waals surface area contributed by atoms with Gasteiger partial charge in [-0.25, -0.2) is 0 Å². The number of likely N-dealkylation sites (tertiary alicyclic amines) is 1. The van der Waals surface area contributed by atoms with Gasteiger partial charge in [-0.1, -0.05) is 6.42 Å². The molecule has 22 heavy (non-hydrogen) atoms. The molecule has 126 valence electrons. The van der Waals surface area contributed by atoms with Gasteiger partial charge in [-0.15, -0.1) is 0 Å². The third-order valence-electron chi connectivity index (χ3n) is 5.56. The van der Waals surface area contributed by atoms with Crippen LogP contribution in [0.4, 0.5) is 0 Å². The number of carbonyl (C=O) groups is 1. The minimum Gasteiger partial charge on any atom is -0.396 e. The monoisotopic (exact) mass is 310 g/mol. The molecule has 4 atom stereocenters. The molecule has 0 aromatic rings. The maximum atomic E-state index is 12.4. The summed E-state index contributed by atoms with van der Waals surface area (Å²) in [5.41, 5.74) is 0. The Kier molecular flexibility index (Phi) is 5.05. The van der Waals surface area contributed by atoms with E-state index in [1.807, 2.05) is 4.90 Å². The van der Waals surface area contributed by atoms with E-state index in [0.29, 0.717) is 11.8 Å². The number of carbonyl (C=O) groups excluding carboxylic acids is 1.